The zero-order valence-electron chi connectivity index (χ0n) is 10.6. The maximum absolute atomic E-state index is 12.8. The van der Waals surface area contributed by atoms with E-state index in [-0.39, 0.29) is 23.5 Å². The van der Waals surface area contributed by atoms with Gasteiger partial charge in [0.15, 0.2) is 6.54 Å². The molecule has 0 saturated carbocycles. The van der Waals surface area contributed by atoms with Gasteiger partial charge in [-0.2, -0.15) is 0 Å². The van der Waals surface area contributed by atoms with Crippen LogP contribution in [0.15, 0.2) is 45.8 Å². The Labute approximate surface area is 113 Å². The fraction of sp³-hybridized carbons (Fsp3) is 0.154. The summed E-state index contributed by atoms with van der Waals surface area (Å²) >= 11 is 0. The molecule has 0 aliphatic heterocycles. The minimum Gasteiger partial charge on any atom is -0.490 e. The van der Waals surface area contributed by atoms with Crippen LogP contribution < -0.4 is 15.2 Å². The van der Waals surface area contributed by atoms with Gasteiger partial charge < -0.3 is 9.15 Å². The van der Waals surface area contributed by atoms with E-state index in [0.29, 0.717) is 5.69 Å². The SMILES string of the molecule is COc1coc(CN([N+]#N)c2ccc(F)cc2)cc1=O. The van der Waals surface area contributed by atoms with E-state index < -0.39 is 5.82 Å². The first-order chi connectivity index (χ1) is 9.63. The van der Waals surface area contributed by atoms with Crippen LogP contribution in [-0.2, 0) is 6.54 Å². The fourth-order valence-electron chi connectivity index (χ4n) is 1.61. The number of halogens is 1. The predicted molar refractivity (Wildman–Crippen MR) is 69.2 cm³/mol. The average Bonchev–Trinajstić information content (AvgIpc) is 2.46. The highest BCUT2D eigenvalue weighted by Gasteiger charge is 2.19. The second-order valence-electron chi connectivity index (χ2n) is 3.90. The van der Waals surface area contributed by atoms with Gasteiger partial charge in [-0.1, -0.05) is 0 Å². The van der Waals surface area contributed by atoms with Gasteiger partial charge in [-0.25, -0.2) is 4.39 Å². The van der Waals surface area contributed by atoms with Crippen molar-refractivity contribution in [1.29, 1.82) is 5.39 Å². The second-order valence-corrected chi connectivity index (χ2v) is 3.90. The summed E-state index contributed by atoms with van der Waals surface area (Å²) < 4.78 is 22.8. The molecule has 0 atom stereocenters. The van der Waals surface area contributed by atoms with E-state index in [9.17, 15) is 9.18 Å². The number of rotatable bonds is 4. The van der Waals surface area contributed by atoms with Gasteiger partial charge >= 0.3 is 5.08 Å². The Kier molecular flexibility index (Phi) is 3.96. The molecule has 0 amide bonds. The standard InChI is InChI=1S/C13H11FN3O3/c1-19-13-8-20-11(6-12(13)18)7-17(16-15)10-4-2-9(14)3-5-10/h2-6,8H,7H2,1H3/q+1. The molecule has 1 aromatic heterocycles. The van der Waals surface area contributed by atoms with Gasteiger partial charge in [-0.15, -0.1) is 0 Å². The summed E-state index contributed by atoms with van der Waals surface area (Å²) in [7, 11) is 1.36. The van der Waals surface area contributed by atoms with E-state index in [1.54, 1.807) is 0 Å². The summed E-state index contributed by atoms with van der Waals surface area (Å²) in [6.07, 6.45) is 1.18. The zero-order valence-corrected chi connectivity index (χ0v) is 10.6. The molecular formula is C13H11FN3O3+. The quantitative estimate of drug-likeness (QED) is 0.634. The Morgan fingerprint density at radius 2 is 2.10 bits per heavy atom. The third kappa shape index (κ3) is 2.92. The smallest absolute Gasteiger partial charge is 0.311 e. The van der Waals surface area contributed by atoms with E-state index >= 15 is 0 Å². The summed E-state index contributed by atoms with van der Waals surface area (Å²) in [6, 6.07) is 6.59. The van der Waals surface area contributed by atoms with Crippen molar-refractivity contribution in [2.75, 3.05) is 12.1 Å². The van der Waals surface area contributed by atoms with Crippen molar-refractivity contribution in [3.05, 3.63) is 63.5 Å². The first kappa shape index (κ1) is 13.5. The van der Waals surface area contributed by atoms with Crippen molar-refractivity contribution >= 4 is 5.69 Å². The van der Waals surface area contributed by atoms with Crippen LogP contribution in [0.4, 0.5) is 10.1 Å². The maximum atomic E-state index is 12.8. The minimum atomic E-state index is -0.400. The lowest BCUT2D eigenvalue weighted by atomic mass is 10.3. The van der Waals surface area contributed by atoms with Gasteiger partial charge in [0.05, 0.1) is 7.11 Å². The van der Waals surface area contributed by atoms with Crippen molar-refractivity contribution in [1.82, 2.24) is 0 Å². The molecule has 2 aromatic rings. The third-order valence-corrected chi connectivity index (χ3v) is 2.61. The van der Waals surface area contributed by atoms with E-state index in [1.165, 1.54) is 43.7 Å². The molecule has 2 rings (SSSR count). The lowest BCUT2D eigenvalue weighted by molar-refractivity contribution is 0.378. The highest BCUT2D eigenvalue weighted by Crippen LogP contribution is 2.18. The molecule has 7 heteroatoms. The molecule has 6 nitrogen and oxygen atoms in total. The molecule has 0 aliphatic carbocycles. The third-order valence-electron chi connectivity index (χ3n) is 2.61. The van der Waals surface area contributed by atoms with Gasteiger partial charge in [0.25, 0.3) is 5.39 Å². The summed E-state index contributed by atoms with van der Waals surface area (Å²) in [5.74, 6) is -0.0384. The van der Waals surface area contributed by atoms with Crippen molar-refractivity contribution in [2.24, 2.45) is 0 Å². The fourth-order valence-corrected chi connectivity index (χ4v) is 1.61. The molecule has 0 N–H and O–H groups in total. The van der Waals surface area contributed by atoms with Crippen LogP contribution >= 0.6 is 0 Å². The van der Waals surface area contributed by atoms with Crippen molar-refractivity contribution in [2.45, 2.75) is 6.54 Å². The lowest BCUT2D eigenvalue weighted by Gasteiger charge is -2.04. The molecule has 20 heavy (non-hydrogen) atoms. The molecule has 0 fully saturated rings. The number of nitrogens with zero attached hydrogens (tertiary/aromatic N) is 3. The first-order valence-electron chi connectivity index (χ1n) is 5.68. The Hall–Kier alpha value is -2.88. The molecule has 0 radical (unpaired) electrons. The maximum Gasteiger partial charge on any atom is 0.311 e. The van der Waals surface area contributed by atoms with Gasteiger partial charge in [0.1, 0.15) is 23.5 Å². The van der Waals surface area contributed by atoms with Crippen LogP contribution in [0.5, 0.6) is 5.75 Å². The van der Waals surface area contributed by atoms with Crippen molar-refractivity contribution in [3.63, 3.8) is 0 Å². The molecule has 0 unspecified atom stereocenters. The van der Waals surface area contributed by atoms with Crippen LogP contribution in [-0.4, -0.2) is 7.11 Å². The summed E-state index contributed by atoms with van der Waals surface area (Å²) in [5.41, 5.74) is 0.109. The Morgan fingerprint density at radius 3 is 2.65 bits per heavy atom. The number of benzene rings is 1. The normalized spacial score (nSPS) is 9.85. The van der Waals surface area contributed by atoms with Gasteiger partial charge in [-0.05, 0) is 24.3 Å². The van der Waals surface area contributed by atoms with E-state index in [4.69, 9.17) is 14.5 Å². The van der Waals surface area contributed by atoms with E-state index in [2.05, 4.69) is 5.08 Å². The second kappa shape index (κ2) is 5.84. The number of hydrogen-bond acceptors (Lipinski definition) is 5. The molecule has 102 valence electrons. The Balaban J connectivity index is 2.23. The number of diazo groups is 1. The molecule has 0 spiro atoms. The molecule has 0 bridgehead atoms. The molecule has 0 saturated heterocycles. The lowest BCUT2D eigenvalue weighted by Crippen LogP contribution is -2.15. The van der Waals surface area contributed by atoms with Crippen molar-refractivity contribution < 1.29 is 13.5 Å². The van der Waals surface area contributed by atoms with Crippen LogP contribution in [0.25, 0.3) is 5.08 Å². The topological polar surface area (TPSA) is 70.8 Å². The van der Waals surface area contributed by atoms with Gasteiger partial charge in [0, 0.05) is 11.1 Å². The largest absolute Gasteiger partial charge is 0.490 e. The van der Waals surface area contributed by atoms with Crippen LogP contribution in [0.3, 0.4) is 0 Å². The predicted octanol–water partition coefficient (Wildman–Crippen LogP) is 2.56. The zero-order chi connectivity index (χ0) is 14.5. The first-order valence-corrected chi connectivity index (χ1v) is 5.68. The summed E-state index contributed by atoms with van der Waals surface area (Å²) in [6.45, 7) is 0.0152. The molecule has 1 aromatic carbocycles. The molecule has 1 heterocycles. The summed E-state index contributed by atoms with van der Waals surface area (Å²) in [5, 5.41) is 13.2. The van der Waals surface area contributed by atoms with Gasteiger partial charge in [0.2, 0.25) is 11.2 Å². The highest BCUT2D eigenvalue weighted by atomic mass is 19.1. The Bertz CT molecular complexity index is 691. The monoisotopic (exact) mass is 276 g/mol. The number of ether oxygens (including phenoxy) is 1. The van der Waals surface area contributed by atoms with Crippen LogP contribution in [0, 0.1) is 11.2 Å². The number of methoxy groups -OCH3 is 1. The minimum absolute atomic E-state index is 0.0152. The molecular weight excluding hydrogens is 265 g/mol. The van der Waals surface area contributed by atoms with Crippen molar-refractivity contribution in [3.8, 4) is 5.75 Å². The highest BCUT2D eigenvalue weighted by molar-refractivity contribution is 5.47. The number of hydrogen-bond donors (Lipinski definition) is 0. The van der Waals surface area contributed by atoms with Crippen LogP contribution in [0.1, 0.15) is 5.76 Å². The van der Waals surface area contributed by atoms with Gasteiger partial charge in [-0.3, -0.25) is 4.79 Å². The number of anilines is 1. The Morgan fingerprint density at radius 1 is 1.40 bits per heavy atom. The van der Waals surface area contributed by atoms with E-state index in [1.807, 2.05) is 0 Å². The van der Waals surface area contributed by atoms with Crippen LogP contribution in [0.2, 0.25) is 0 Å². The van der Waals surface area contributed by atoms with E-state index in [0.717, 1.165) is 5.01 Å². The molecule has 0 aliphatic rings. The average molecular weight is 276 g/mol. The summed E-state index contributed by atoms with van der Waals surface area (Å²) in [4.78, 5) is 11.6.